The van der Waals surface area contributed by atoms with Gasteiger partial charge in [0.1, 0.15) is 0 Å². The summed E-state index contributed by atoms with van der Waals surface area (Å²) >= 11 is 3.21. The number of aromatic nitrogens is 3. The van der Waals surface area contributed by atoms with E-state index in [1.165, 1.54) is 0 Å². The van der Waals surface area contributed by atoms with Gasteiger partial charge in [0.2, 0.25) is 10.9 Å². The van der Waals surface area contributed by atoms with Crippen molar-refractivity contribution < 1.29 is 9.53 Å². The van der Waals surface area contributed by atoms with Gasteiger partial charge in [0.25, 0.3) is 0 Å². The van der Waals surface area contributed by atoms with Crippen LogP contribution in [0.3, 0.4) is 0 Å². The van der Waals surface area contributed by atoms with E-state index in [4.69, 9.17) is 4.74 Å². The highest BCUT2D eigenvalue weighted by molar-refractivity contribution is 7.15. The maximum Gasteiger partial charge on any atom is 0.230 e. The molecule has 30 heavy (non-hydrogen) atoms. The maximum atomic E-state index is 13.3. The van der Waals surface area contributed by atoms with E-state index in [1.807, 2.05) is 40.2 Å². The number of thiophene rings is 1. The summed E-state index contributed by atoms with van der Waals surface area (Å²) in [7, 11) is 0. The van der Waals surface area contributed by atoms with E-state index in [2.05, 4.69) is 32.9 Å². The molecule has 5 rings (SSSR count). The van der Waals surface area contributed by atoms with E-state index in [-0.39, 0.29) is 5.91 Å². The van der Waals surface area contributed by atoms with Gasteiger partial charge >= 0.3 is 0 Å². The van der Waals surface area contributed by atoms with Gasteiger partial charge in [-0.05, 0) is 29.9 Å². The monoisotopic (exact) mass is 438 g/mol. The van der Waals surface area contributed by atoms with Crippen molar-refractivity contribution in [2.75, 3.05) is 19.8 Å². The molecule has 0 atom stereocenters. The molecule has 0 saturated carbocycles. The van der Waals surface area contributed by atoms with E-state index >= 15 is 0 Å². The van der Waals surface area contributed by atoms with Crippen molar-refractivity contribution in [3.63, 3.8) is 0 Å². The highest BCUT2D eigenvalue weighted by Gasteiger charge is 2.41. The third-order valence-electron chi connectivity index (χ3n) is 5.67. The minimum atomic E-state index is -0.511. The summed E-state index contributed by atoms with van der Waals surface area (Å²) < 4.78 is 7.44. The van der Waals surface area contributed by atoms with Crippen LogP contribution >= 0.6 is 22.7 Å². The number of thiazole rings is 1. The van der Waals surface area contributed by atoms with Gasteiger partial charge in [0.15, 0.2) is 5.82 Å². The Morgan fingerprint density at radius 2 is 1.97 bits per heavy atom. The van der Waals surface area contributed by atoms with Gasteiger partial charge in [0.05, 0.1) is 16.0 Å². The minimum Gasteiger partial charge on any atom is -0.381 e. The number of ether oxygens (including phenoxy) is 1. The zero-order chi connectivity index (χ0) is 20.4. The van der Waals surface area contributed by atoms with Crippen LogP contribution in [-0.4, -0.2) is 40.3 Å². The van der Waals surface area contributed by atoms with Crippen LogP contribution in [0.4, 0.5) is 0 Å². The van der Waals surface area contributed by atoms with E-state index in [9.17, 15) is 4.79 Å². The normalized spacial score (nSPS) is 16.0. The average molecular weight is 439 g/mol. The van der Waals surface area contributed by atoms with Gasteiger partial charge in [-0.2, -0.15) is 4.98 Å². The standard InChI is InChI=1S/C22H22N4O2S2/c27-20(22(9-12-28-13-10-22)16-5-2-1-3-6-16)23-11-8-17-15-30-21-24-19(25-26(17)21)18-7-4-14-29-18/h1-7,14-15H,8-13H2,(H,23,27). The molecule has 0 radical (unpaired) electrons. The molecule has 4 aromatic rings. The van der Waals surface area contributed by atoms with Crippen molar-refractivity contribution in [3.8, 4) is 10.7 Å². The van der Waals surface area contributed by atoms with Gasteiger partial charge in [-0.25, -0.2) is 4.52 Å². The number of nitrogens with one attached hydrogen (secondary N) is 1. The fraction of sp³-hybridized carbons (Fsp3) is 0.318. The van der Waals surface area contributed by atoms with Crippen LogP contribution in [-0.2, 0) is 21.4 Å². The summed E-state index contributed by atoms with van der Waals surface area (Å²) in [5.74, 6) is 0.841. The lowest BCUT2D eigenvalue weighted by Crippen LogP contribution is -2.48. The highest BCUT2D eigenvalue weighted by Crippen LogP contribution is 2.35. The van der Waals surface area contributed by atoms with Crippen LogP contribution in [0, 0.1) is 0 Å². The molecule has 8 heteroatoms. The van der Waals surface area contributed by atoms with Crippen molar-refractivity contribution in [2.24, 2.45) is 0 Å². The molecule has 1 N–H and O–H groups in total. The number of amides is 1. The summed E-state index contributed by atoms with van der Waals surface area (Å²) in [5.41, 5.74) is 1.62. The minimum absolute atomic E-state index is 0.0846. The molecule has 1 aliphatic heterocycles. The van der Waals surface area contributed by atoms with Gasteiger partial charge in [0, 0.05) is 31.6 Å². The van der Waals surface area contributed by atoms with Crippen LogP contribution in [0.2, 0.25) is 0 Å². The second-order valence-corrected chi connectivity index (χ2v) is 9.18. The van der Waals surface area contributed by atoms with Gasteiger partial charge in [-0.3, -0.25) is 4.79 Å². The van der Waals surface area contributed by atoms with Crippen LogP contribution in [0.25, 0.3) is 15.7 Å². The Hall–Kier alpha value is -2.55. The van der Waals surface area contributed by atoms with Crippen molar-refractivity contribution in [1.29, 1.82) is 0 Å². The first-order valence-corrected chi connectivity index (χ1v) is 11.8. The molecule has 3 aromatic heterocycles. The molecule has 0 unspecified atom stereocenters. The zero-order valence-electron chi connectivity index (χ0n) is 16.4. The van der Waals surface area contributed by atoms with Gasteiger partial charge in [-0.15, -0.1) is 27.8 Å². The molecule has 4 heterocycles. The molecule has 0 spiro atoms. The maximum absolute atomic E-state index is 13.3. The molecule has 0 aliphatic carbocycles. The SMILES string of the molecule is O=C(NCCc1csc2nc(-c3cccs3)nn12)C1(c2ccccc2)CCOCC1. The smallest absolute Gasteiger partial charge is 0.230 e. The Morgan fingerprint density at radius 3 is 2.73 bits per heavy atom. The van der Waals surface area contributed by atoms with Crippen LogP contribution < -0.4 is 5.32 Å². The molecular formula is C22H22N4O2S2. The number of rotatable bonds is 6. The number of hydrogen-bond acceptors (Lipinski definition) is 6. The van der Waals surface area contributed by atoms with E-state index < -0.39 is 5.41 Å². The first kappa shape index (κ1) is 19.4. The van der Waals surface area contributed by atoms with Crippen LogP contribution in [0.1, 0.15) is 24.1 Å². The summed E-state index contributed by atoms with van der Waals surface area (Å²) in [6, 6.07) is 14.1. The zero-order valence-corrected chi connectivity index (χ0v) is 18.0. The van der Waals surface area contributed by atoms with E-state index in [1.54, 1.807) is 22.7 Å². The third kappa shape index (κ3) is 3.55. The Bertz CT molecular complexity index is 1130. The molecule has 1 saturated heterocycles. The second kappa shape index (κ2) is 8.29. The van der Waals surface area contributed by atoms with Crippen LogP contribution in [0.5, 0.6) is 0 Å². The summed E-state index contributed by atoms with van der Waals surface area (Å²) in [6.07, 6.45) is 2.12. The predicted molar refractivity (Wildman–Crippen MR) is 119 cm³/mol. The van der Waals surface area contributed by atoms with Gasteiger partial charge in [-0.1, -0.05) is 36.4 Å². The quantitative estimate of drug-likeness (QED) is 0.495. The average Bonchev–Trinajstić information content (AvgIpc) is 3.53. The number of hydrogen-bond donors (Lipinski definition) is 1. The highest BCUT2D eigenvalue weighted by atomic mass is 32.1. The fourth-order valence-electron chi connectivity index (χ4n) is 4.00. The largest absolute Gasteiger partial charge is 0.381 e. The first-order chi connectivity index (χ1) is 14.8. The molecule has 1 aromatic carbocycles. The lowest BCUT2D eigenvalue weighted by molar-refractivity contribution is -0.130. The van der Waals surface area contributed by atoms with Crippen molar-refractivity contribution >= 4 is 33.5 Å². The van der Waals surface area contributed by atoms with Crippen molar-refractivity contribution in [1.82, 2.24) is 19.9 Å². The number of carbonyl (C=O) groups is 1. The Balaban J connectivity index is 1.29. The number of nitrogens with zero attached hydrogens (tertiary/aromatic N) is 3. The van der Waals surface area contributed by atoms with Crippen molar-refractivity contribution in [3.05, 3.63) is 64.5 Å². The lowest BCUT2D eigenvalue weighted by atomic mass is 9.73. The number of carbonyl (C=O) groups excluding carboxylic acids is 1. The molecule has 0 bridgehead atoms. The molecule has 1 fully saturated rings. The summed E-state index contributed by atoms with van der Waals surface area (Å²) in [6.45, 7) is 1.78. The summed E-state index contributed by atoms with van der Waals surface area (Å²) in [5, 5.41) is 11.9. The van der Waals surface area contributed by atoms with E-state index in [0.29, 0.717) is 39.0 Å². The Kier molecular flexibility index (Phi) is 5.37. The first-order valence-electron chi connectivity index (χ1n) is 10.0. The van der Waals surface area contributed by atoms with E-state index in [0.717, 1.165) is 26.9 Å². The van der Waals surface area contributed by atoms with Crippen molar-refractivity contribution in [2.45, 2.75) is 24.7 Å². The molecular weight excluding hydrogens is 416 g/mol. The third-order valence-corrected chi connectivity index (χ3v) is 7.40. The molecule has 1 amide bonds. The van der Waals surface area contributed by atoms with Gasteiger partial charge < -0.3 is 10.1 Å². The molecule has 6 nitrogen and oxygen atoms in total. The predicted octanol–water partition coefficient (Wildman–Crippen LogP) is 3.93. The second-order valence-electron chi connectivity index (χ2n) is 7.40. The number of fused-ring (bicyclic) bond motifs is 1. The Morgan fingerprint density at radius 1 is 1.13 bits per heavy atom. The molecule has 1 aliphatic rings. The van der Waals surface area contributed by atoms with Crippen LogP contribution in [0.15, 0.2) is 53.2 Å². The number of benzene rings is 1. The fourth-order valence-corrected chi connectivity index (χ4v) is 5.51. The Labute approximate surface area is 182 Å². The topological polar surface area (TPSA) is 68.5 Å². The lowest BCUT2D eigenvalue weighted by Gasteiger charge is -2.36. The summed E-state index contributed by atoms with van der Waals surface area (Å²) in [4.78, 5) is 19.8. The molecule has 154 valence electrons.